The highest BCUT2D eigenvalue weighted by atomic mass is 19.4. The first-order valence-electron chi connectivity index (χ1n) is 3.18. The van der Waals surface area contributed by atoms with Gasteiger partial charge >= 0.3 is 6.18 Å². The molecule has 0 heterocycles. The lowest BCUT2D eigenvalue weighted by Crippen LogP contribution is -2.12. The maximum absolute atomic E-state index is 12.0. The number of hydrogen-bond donors (Lipinski definition) is 0. The lowest BCUT2D eigenvalue weighted by molar-refractivity contribution is -0.0930. The summed E-state index contributed by atoms with van der Waals surface area (Å²) >= 11 is 0. The molecule has 0 amide bonds. The fraction of sp³-hybridized carbons (Fsp3) is 0.375. The molecular formula is C8H7F3. The van der Waals surface area contributed by atoms with Gasteiger partial charge in [0, 0.05) is 6.42 Å². The molecule has 1 aliphatic carbocycles. The van der Waals surface area contributed by atoms with Gasteiger partial charge in [0.25, 0.3) is 0 Å². The Labute approximate surface area is 62.7 Å². The SMILES string of the molecule is CC1=CC=C=C(C(F)(F)F)C1. The van der Waals surface area contributed by atoms with E-state index in [1.807, 2.05) is 0 Å². The van der Waals surface area contributed by atoms with E-state index in [9.17, 15) is 13.2 Å². The molecule has 0 aromatic carbocycles. The second-order valence-electron chi connectivity index (χ2n) is 2.48. The summed E-state index contributed by atoms with van der Waals surface area (Å²) in [5.74, 6) is 0. The van der Waals surface area contributed by atoms with E-state index in [-0.39, 0.29) is 6.42 Å². The van der Waals surface area contributed by atoms with Crippen molar-refractivity contribution in [3.8, 4) is 0 Å². The van der Waals surface area contributed by atoms with Gasteiger partial charge in [0.15, 0.2) is 0 Å². The average Bonchev–Trinajstić information content (AvgIpc) is 1.86. The molecule has 1 rings (SSSR count). The predicted molar refractivity (Wildman–Crippen MR) is 36.0 cm³/mol. The van der Waals surface area contributed by atoms with Crippen molar-refractivity contribution in [3.05, 3.63) is 29.0 Å². The van der Waals surface area contributed by atoms with Gasteiger partial charge in [0.1, 0.15) is 0 Å². The van der Waals surface area contributed by atoms with Crippen LogP contribution < -0.4 is 0 Å². The molecule has 11 heavy (non-hydrogen) atoms. The lowest BCUT2D eigenvalue weighted by atomic mass is 10.0. The van der Waals surface area contributed by atoms with E-state index in [0.717, 1.165) is 5.57 Å². The number of alkyl halides is 3. The summed E-state index contributed by atoms with van der Waals surface area (Å²) in [6, 6.07) is 0. The topological polar surface area (TPSA) is 0 Å². The number of allylic oxidation sites excluding steroid dienone is 3. The minimum Gasteiger partial charge on any atom is -0.166 e. The smallest absolute Gasteiger partial charge is 0.166 e. The molecule has 0 bridgehead atoms. The van der Waals surface area contributed by atoms with Gasteiger partial charge in [-0.2, -0.15) is 13.2 Å². The number of hydrogen-bond acceptors (Lipinski definition) is 0. The van der Waals surface area contributed by atoms with Crippen molar-refractivity contribution in [1.29, 1.82) is 0 Å². The van der Waals surface area contributed by atoms with Crippen molar-refractivity contribution in [3.63, 3.8) is 0 Å². The van der Waals surface area contributed by atoms with Crippen LogP contribution in [0.1, 0.15) is 13.3 Å². The second-order valence-corrected chi connectivity index (χ2v) is 2.48. The molecule has 0 saturated heterocycles. The third kappa shape index (κ3) is 1.99. The highest BCUT2D eigenvalue weighted by molar-refractivity contribution is 5.26. The lowest BCUT2D eigenvalue weighted by Gasteiger charge is -2.10. The molecule has 0 aliphatic heterocycles. The first-order valence-corrected chi connectivity index (χ1v) is 3.18. The molecule has 0 atom stereocenters. The van der Waals surface area contributed by atoms with Crippen molar-refractivity contribution in [2.45, 2.75) is 19.5 Å². The molecule has 3 heteroatoms. The largest absolute Gasteiger partial charge is 0.420 e. The maximum atomic E-state index is 12.0. The molecule has 0 nitrogen and oxygen atoms in total. The molecule has 0 spiro atoms. The normalized spacial score (nSPS) is 17.8. The Morgan fingerprint density at radius 1 is 1.45 bits per heavy atom. The summed E-state index contributed by atoms with van der Waals surface area (Å²) in [5.41, 5.74) is 2.31. The van der Waals surface area contributed by atoms with Crippen molar-refractivity contribution in [2.75, 3.05) is 0 Å². The summed E-state index contributed by atoms with van der Waals surface area (Å²) in [6.07, 6.45) is -1.30. The Balaban J connectivity index is 2.88. The van der Waals surface area contributed by atoms with Crippen LogP contribution in [-0.2, 0) is 0 Å². The quantitative estimate of drug-likeness (QED) is 0.478. The zero-order chi connectivity index (χ0) is 8.48. The molecule has 0 saturated carbocycles. The average molecular weight is 160 g/mol. The van der Waals surface area contributed by atoms with Crippen molar-refractivity contribution < 1.29 is 13.2 Å². The highest BCUT2D eigenvalue weighted by Crippen LogP contribution is 2.30. The van der Waals surface area contributed by atoms with Gasteiger partial charge in [-0.15, -0.1) is 5.73 Å². The predicted octanol–water partition coefficient (Wildman–Crippen LogP) is 2.98. The van der Waals surface area contributed by atoms with Gasteiger partial charge in [-0.1, -0.05) is 11.6 Å². The number of halogens is 3. The van der Waals surface area contributed by atoms with Crippen molar-refractivity contribution in [2.24, 2.45) is 0 Å². The van der Waals surface area contributed by atoms with Gasteiger partial charge in [0.05, 0.1) is 5.57 Å². The Hall–Kier alpha value is -0.950. The van der Waals surface area contributed by atoms with Gasteiger partial charge in [-0.05, 0) is 13.0 Å². The zero-order valence-corrected chi connectivity index (χ0v) is 6.00. The fourth-order valence-electron chi connectivity index (χ4n) is 0.855. The first-order chi connectivity index (χ1) is 5.00. The third-order valence-corrected chi connectivity index (χ3v) is 1.42. The van der Waals surface area contributed by atoms with E-state index in [2.05, 4.69) is 5.73 Å². The Kier molecular flexibility index (Phi) is 1.92. The van der Waals surface area contributed by atoms with Crippen LogP contribution in [-0.4, -0.2) is 6.18 Å². The minimum atomic E-state index is -4.22. The van der Waals surface area contributed by atoms with Crippen LogP contribution in [0.5, 0.6) is 0 Å². The van der Waals surface area contributed by atoms with Crippen LogP contribution in [0.3, 0.4) is 0 Å². The molecule has 0 aromatic heterocycles. The summed E-state index contributed by atoms with van der Waals surface area (Å²) < 4.78 is 35.9. The van der Waals surface area contributed by atoms with Crippen LogP contribution in [0.25, 0.3) is 0 Å². The van der Waals surface area contributed by atoms with E-state index >= 15 is 0 Å². The molecule has 60 valence electrons. The summed E-state index contributed by atoms with van der Waals surface area (Å²) in [6.45, 7) is 1.67. The molecule has 0 unspecified atom stereocenters. The van der Waals surface area contributed by atoms with E-state index < -0.39 is 11.7 Å². The molecule has 0 N–H and O–H groups in total. The Morgan fingerprint density at radius 2 is 2.09 bits per heavy atom. The van der Waals surface area contributed by atoms with Crippen LogP contribution in [0.4, 0.5) is 13.2 Å². The van der Waals surface area contributed by atoms with Crippen molar-refractivity contribution in [1.82, 2.24) is 0 Å². The molecule has 0 fully saturated rings. The van der Waals surface area contributed by atoms with Crippen molar-refractivity contribution >= 4 is 0 Å². The van der Waals surface area contributed by atoms with E-state index in [1.165, 1.54) is 6.08 Å². The van der Waals surface area contributed by atoms with Crippen LogP contribution >= 0.6 is 0 Å². The fourth-order valence-corrected chi connectivity index (χ4v) is 0.855. The summed E-state index contributed by atoms with van der Waals surface area (Å²) in [5, 5.41) is 0. The van der Waals surface area contributed by atoms with Crippen LogP contribution in [0.15, 0.2) is 29.0 Å². The minimum absolute atomic E-state index is 0.0278. The van der Waals surface area contributed by atoms with Gasteiger partial charge in [-0.3, -0.25) is 0 Å². The molecule has 0 aromatic rings. The Morgan fingerprint density at radius 3 is 2.45 bits per heavy atom. The monoisotopic (exact) mass is 160 g/mol. The molecule has 0 radical (unpaired) electrons. The maximum Gasteiger partial charge on any atom is 0.420 e. The zero-order valence-electron chi connectivity index (χ0n) is 6.00. The third-order valence-electron chi connectivity index (χ3n) is 1.42. The van der Waals surface area contributed by atoms with Gasteiger partial charge in [-0.25, -0.2) is 0 Å². The highest BCUT2D eigenvalue weighted by Gasteiger charge is 2.33. The first kappa shape index (κ1) is 8.15. The van der Waals surface area contributed by atoms with Gasteiger partial charge in [0.2, 0.25) is 0 Å². The van der Waals surface area contributed by atoms with Gasteiger partial charge < -0.3 is 0 Å². The summed E-state index contributed by atoms with van der Waals surface area (Å²) in [7, 11) is 0. The van der Waals surface area contributed by atoms with E-state index in [1.54, 1.807) is 13.0 Å². The Bertz CT molecular complexity index is 249. The summed E-state index contributed by atoms with van der Waals surface area (Å²) in [4.78, 5) is 0. The number of rotatable bonds is 0. The van der Waals surface area contributed by atoms with Crippen LogP contribution in [0.2, 0.25) is 0 Å². The van der Waals surface area contributed by atoms with Crippen LogP contribution in [0, 0.1) is 0 Å². The standard InChI is InChI=1S/C8H7F3/c1-6-3-2-4-7(5-6)8(9,10)11/h2-3H,5H2,1H3. The second kappa shape index (κ2) is 2.59. The molecular weight excluding hydrogens is 153 g/mol. The van der Waals surface area contributed by atoms with E-state index in [4.69, 9.17) is 0 Å². The van der Waals surface area contributed by atoms with E-state index in [0.29, 0.717) is 0 Å². The molecule has 1 aliphatic rings.